The molecule has 3 aromatic carbocycles. The van der Waals surface area contributed by atoms with Crippen LogP contribution in [0.2, 0.25) is 0 Å². The molecule has 0 spiro atoms. The molecule has 5 heteroatoms. The van der Waals surface area contributed by atoms with Crippen LogP contribution < -0.4 is 15.5 Å². The van der Waals surface area contributed by atoms with Crippen molar-refractivity contribution in [3.63, 3.8) is 0 Å². The van der Waals surface area contributed by atoms with Crippen LogP contribution in [0.4, 0.5) is 11.4 Å². The lowest BCUT2D eigenvalue weighted by molar-refractivity contribution is -0.862. The van der Waals surface area contributed by atoms with Crippen LogP contribution in [0.25, 0.3) is 10.8 Å². The molecule has 0 bridgehead atoms. The van der Waals surface area contributed by atoms with Gasteiger partial charge in [0.25, 0.3) is 11.8 Å². The van der Waals surface area contributed by atoms with E-state index in [1.54, 1.807) is 0 Å². The molecule has 0 heterocycles. The second kappa shape index (κ2) is 8.67. The van der Waals surface area contributed by atoms with Gasteiger partial charge in [-0.3, -0.25) is 9.59 Å². The number of amides is 2. The van der Waals surface area contributed by atoms with Gasteiger partial charge in [0.1, 0.15) is 0 Å². The summed E-state index contributed by atoms with van der Waals surface area (Å²) in [6, 6.07) is 19.7. The summed E-state index contributed by atoms with van der Waals surface area (Å²) in [6.07, 6.45) is 0. The maximum atomic E-state index is 12.5. The highest BCUT2D eigenvalue weighted by Crippen LogP contribution is 2.22. The van der Waals surface area contributed by atoms with Gasteiger partial charge in [0, 0.05) is 16.8 Å². The molecule has 0 aliphatic carbocycles. The van der Waals surface area contributed by atoms with Crippen molar-refractivity contribution in [2.45, 2.75) is 13.8 Å². The molecule has 3 rings (SSSR count). The first kappa shape index (κ1) is 19.6. The molecule has 0 aromatic heterocycles. The number of nitrogens with one attached hydrogen (secondary N) is 3. The Morgan fingerprint density at radius 1 is 0.786 bits per heavy atom. The van der Waals surface area contributed by atoms with Crippen molar-refractivity contribution < 1.29 is 14.5 Å². The van der Waals surface area contributed by atoms with E-state index >= 15 is 0 Å². The third-order valence-corrected chi connectivity index (χ3v) is 4.73. The molecule has 0 saturated carbocycles. The van der Waals surface area contributed by atoms with E-state index in [4.69, 9.17) is 0 Å². The predicted octanol–water partition coefficient (Wildman–Crippen LogP) is 2.55. The Morgan fingerprint density at radius 2 is 1.36 bits per heavy atom. The monoisotopic (exact) mass is 376 g/mol. The zero-order valence-corrected chi connectivity index (χ0v) is 16.5. The topological polar surface area (TPSA) is 62.6 Å². The number of quaternary nitrogens is 1. The third-order valence-electron chi connectivity index (χ3n) is 4.73. The molecule has 0 saturated heterocycles. The van der Waals surface area contributed by atoms with Crippen molar-refractivity contribution in [2.75, 3.05) is 30.8 Å². The van der Waals surface area contributed by atoms with Gasteiger partial charge in [-0.25, -0.2) is 0 Å². The zero-order chi connectivity index (χ0) is 20.1. The van der Waals surface area contributed by atoms with Crippen molar-refractivity contribution in [3.05, 3.63) is 71.8 Å². The van der Waals surface area contributed by atoms with E-state index in [9.17, 15) is 9.59 Å². The summed E-state index contributed by atoms with van der Waals surface area (Å²) in [4.78, 5) is 25.7. The number of rotatable bonds is 6. The lowest BCUT2D eigenvalue weighted by Crippen LogP contribution is -3.11. The fourth-order valence-corrected chi connectivity index (χ4v) is 3.33. The molecule has 0 fully saturated rings. The molecule has 2 amide bonds. The molecule has 28 heavy (non-hydrogen) atoms. The predicted molar refractivity (Wildman–Crippen MR) is 114 cm³/mol. The first-order valence-electron chi connectivity index (χ1n) is 9.39. The van der Waals surface area contributed by atoms with E-state index in [0.717, 1.165) is 38.2 Å². The number of fused-ring (bicyclic) bond motifs is 1. The molecule has 1 atom stereocenters. The van der Waals surface area contributed by atoms with E-state index < -0.39 is 0 Å². The molecule has 3 aromatic rings. The maximum absolute atomic E-state index is 12.5. The number of anilines is 2. The number of benzene rings is 3. The van der Waals surface area contributed by atoms with Gasteiger partial charge < -0.3 is 15.5 Å². The Bertz CT molecular complexity index is 988. The van der Waals surface area contributed by atoms with Crippen LogP contribution in [0.15, 0.2) is 60.7 Å². The van der Waals surface area contributed by atoms with Crippen LogP contribution in [0.1, 0.15) is 11.1 Å². The van der Waals surface area contributed by atoms with Crippen LogP contribution in [0.3, 0.4) is 0 Å². The molecule has 144 valence electrons. The lowest BCUT2D eigenvalue weighted by Gasteiger charge is -2.16. The molecule has 0 radical (unpaired) electrons. The number of carbonyl (C=O) groups is 2. The van der Waals surface area contributed by atoms with E-state index in [1.165, 1.54) is 0 Å². The van der Waals surface area contributed by atoms with Crippen molar-refractivity contribution in [1.29, 1.82) is 0 Å². The Balaban J connectivity index is 1.57. The van der Waals surface area contributed by atoms with Gasteiger partial charge in [-0.2, -0.15) is 0 Å². The van der Waals surface area contributed by atoms with Gasteiger partial charge in [0.15, 0.2) is 13.1 Å². The summed E-state index contributed by atoms with van der Waals surface area (Å²) in [6.45, 7) is 4.37. The fraction of sp³-hybridized carbons (Fsp3) is 0.217. The van der Waals surface area contributed by atoms with Gasteiger partial charge in [0.05, 0.1) is 7.05 Å². The molecular weight excluding hydrogens is 350 g/mol. The van der Waals surface area contributed by atoms with Crippen molar-refractivity contribution >= 4 is 34.0 Å². The van der Waals surface area contributed by atoms with Crippen LogP contribution in [0, 0.1) is 13.8 Å². The smallest absolute Gasteiger partial charge is 0.279 e. The summed E-state index contributed by atoms with van der Waals surface area (Å²) >= 11 is 0. The third kappa shape index (κ3) is 4.75. The van der Waals surface area contributed by atoms with Crippen LogP contribution in [-0.2, 0) is 9.59 Å². The minimum atomic E-state index is -0.117. The van der Waals surface area contributed by atoms with Crippen LogP contribution >= 0.6 is 0 Å². The number of aryl methyl sites for hydroxylation is 2. The minimum absolute atomic E-state index is 0.104. The second-order valence-electron chi connectivity index (χ2n) is 7.20. The summed E-state index contributed by atoms with van der Waals surface area (Å²) < 4.78 is 0. The normalized spacial score (nSPS) is 11.8. The highest BCUT2D eigenvalue weighted by Gasteiger charge is 2.16. The standard InChI is InChI=1S/C23H25N3O2/c1-16-8-6-9-17(2)23(16)25-22(28)15-26(3)14-21(27)24-20-13-7-11-18-10-4-5-12-19(18)20/h4-13H,14-15H2,1-3H3,(H,24,27)(H,25,28)/p+1. The average Bonchev–Trinajstić information content (AvgIpc) is 2.65. The Hall–Kier alpha value is -3.18. The van der Waals surface area contributed by atoms with E-state index in [-0.39, 0.29) is 24.9 Å². The minimum Gasteiger partial charge on any atom is -0.322 e. The number of carbonyl (C=O) groups excluding carboxylic acids is 2. The molecule has 0 aliphatic heterocycles. The van der Waals surface area contributed by atoms with Crippen LogP contribution in [0.5, 0.6) is 0 Å². The molecular formula is C23H26N3O2+. The first-order chi connectivity index (χ1) is 13.4. The lowest BCUT2D eigenvalue weighted by atomic mass is 10.1. The Labute approximate surface area is 165 Å². The highest BCUT2D eigenvalue weighted by atomic mass is 16.2. The fourth-order valence-electron chi connectivity index (χ4n) is 3.33. The van der Waals surface area contributed by atoms with Crippen molar-refractivity contribution in [3.8, 4) is 0 Å². The van der Waals surface area contributed by atoms with Gasteiger partial charge in [-0.1, -0.05) is 54.6 Å². The summed E-state index contributed by atoms with van der Waals surface area (Å²) in [5.74, 6) is -0.221. The number of para-hydroxylation sites is 1. The highest BCUT2D eigenvalue weighted by molar-refractivity contribution is 6.02. The SMILES string of the molecule is Cc1cccc(C)c1NC(=O)C[NH+](C)CC(=O)Nc1cccc2ccccc12. The largest absolute Gasteiger partial charge is 0.322 e. The Morgan fingerprint density at radius 3 is 2.07 bits per heavy atom. The average molecular weight is 376 g/mol. The quantitative estimate of drug-likeness (QED) is 0.619. The second-order valence-corrected chi connectivity index (χ2v) is 7.20. The Kier molecular flexibility index (Phi) is 6.06. The van der Waals surface area contributed by atoms with Gasteiger partial charge >= 0.3 is 0 Å². The number of likely N-dealkylation sites (N-methyl/N-ethyl adjacent to an activating group) is 1. The molecule has 3 N–H and O–H groups in total. The maximum Gasteiger partial charge on any atom is 0.279 e. The number of hydrogen-bond donors (Lipinski definition) is 3. The van der Waals surface area contributed by atoms with Gasteiger partial charge in [-0.15, -0.1) is 0 Å². The van der Waals surface area contributed by atoms with E-state index in [0.29, 0.717) is 0 Å². The number of hydrogen-bond acceptors (Lipinski definition) is 2. The first-order valence-corrected chi connectivity index (χ1v) is 9.39. The van der Waals surface area contributed by atoms with Crippen molar-refractivity contribution in [1.82, 2.24) is 0 Å². The van der Waals surface area contributed by atoms with Gasteiger partial charge in [0.2, 0.25) is 0 Å². The van der Waals surface area contributed by atoms with Crippen molar-refractivity contribution in [2.24, 2.45) is 0 Å². The summed E-state index contributed by atoms with van der Waals surface area (Å²) in [5, 5.41) is 8.01. The zero-order valence-electron chi connectivity index (χ0n) is 16.5. The van der Waals surface area contributed by atoms with E-state index in [1.807, 2.05) is 81.6 Å². The molecule has 1 unspecified atom stereocenters. The molecule has 5 nitrogen and oxygen atoms in total. The summed E-state index contributed by atoms with van der Waals surface area (Å²) in [5.41, 5.74) is 3.69. The molecule has 0 aliphatic rings. The van der Waals surface area contributed by atoms with Crippen LogP contribution in [-0.4, -0.2) is 32.0 Å². The van der Waals surface area contributed by atoms with Gasteiger partial charge in [-0.05, 0) is 36.4 Å². The van der Waals surface area contributed by atoms with E-state index in [2.05, 4.69) is 10.6 Å². The summed E-state index contributed by atoms with van der Waals surface area (Å²) in [7, 11) is 1.84.